The molecular weight excluding hydrogens is 288 g/mol. The zero-order chi connectivity index (χ0) is 15.6. The summed E-state index contributed by atoms with van der Waals surface area (Å²) in [7, 11) is 2.91. The van der Waals surface area contributed by atoms with Gasteiger partial charge in [-0.25, -0.2) is 9.78 Å². The van der Waals surface area contributed by atoms with Crippen LogP contribution < -0.4 is 16.8 Å². The Morgan fingerprint density at radius 2 is 1.86 bits per heavy atom. The topological polar surface area (TPSA) is 107 Å². The fourth-order valence-electron chi connectivity index (χ4n) is 2.61. The minimum absolute atomic E-state index is 0.171. The van der Waals surface area contributed by atoms with E-state index in [4.69, 9.17) is 0 Å². The van der Waals surface area contributed by atoms with E-state index in [0.717, 1.165) is 4.57 Å². The van der Waals surface area contributed by atoms with Gasteiger partial charge >= 0.3 is 5.69 Å². The predicted octanol–water partition coefficient (Wildman–Crippen LogP) is -0.879. The van der Waals surface area contributed by atoms with Gasteiger partial charge in [0.15, 0.2) is 16.8 Å². The Morgan fingerprint density at radius 3 is 2.64 bits per heavy atom. The van der Waals surface area contributed by atoms with Gasteiger partial charge in [-0.1, -0.05) is 0 Å². The Balaban J connectivity index is 2.49. The molecule has 4 rings (SSSR count). The highest BCUT2D eigenvalue weighted by atomic mass is 16.2. The molecule has 0 amide bonds. The van der Waals surface area contributed by atoms with Gasteiger partial charge in [0.1, 0.15) is 0 Å². The molecule has 4 heterocycles. The Bertz CT molecular complexity index is 1260. The maximum atomic E-state index is 12.5. The van der Waals surface area contributed by atoms with Gasteiger partial charge in [-0.15, -0.1) is 0 Å². The highest BCUT2D eigenvalue weighted by Crippen LogP contribution is 2.14. The molecule has 0 aliphatic rings. The Morgan fingerprint density at radius 1 is 1.09 bits per heavy atom. The van der Waals surface area contributed by atoms with Gasteiger partial charge in [0.05, 0.1) is 5.39 Å². The number of nitrogens with zero attached hydrogens (tertiary/aromatic N) is 5. The molecule has 0 aliphatic heterocycles. The molecule has 0 radical (unpaired) electrons. The number of aromatic nitrogens is 6. The number of hydrogen-bond donors (Lipinski definition) is 1. The first-order chi connectivity index (χ1) is 10.5. The third-order valence-corrected chi connectivity index (χ3v) is 3.73. The van der Waals surface area contributed by atoms with E-state index in [0.29, 0.717) is 11.0 Å². The molecule has 0 spiro atoms. The van der Waals surface area contributed by atoms with Crippen LogP contribution in [0.1, 0.15) is 0 Å². The number of fused-ring (bicyclic) bond motifs is 5. The van der Waals surface area contributed by atoms with E-state index in [2.05, 4.69) is 15.0 Å². The summed E-state index contributed by atoms with van der Waals surface area (Å²) in [5.74, 6) is 0.171. The van der Waals surface area contributed by atoms with Crippen molar-refractivity contribution in [1.29, 1.82) is 0 Å². The van der Waals surface area contributed by atoms with Crippen LogP contribution in [-0.4, -0.2) is 28.5 Å². The molecule has 0 fully saturated rings. The van der Waals surface area contributed by atoms with Crippen molar-refractivity contribution in [2.24, 2.45) is 14.1 Å². The van der Waals surface area contributed by atoms with E-state index in [9.17, 15) is 14.4 Å². The lowest BCUT2D eigenvalue weighted by molar-refractivity contribution is 0.708. The zero-order valence-electron chi connectivity index (χ0n) is 11.7. The number of nitrogens with one attached hydrogen (secondary N) is 1. The summed E-state index contributed by atoms with van der Waals surface area (Å²) in [6.07, 6.45) is 1.53. The fraction of sp³-hybridized carbons (Fsp3) is 0.154. The minimum Gasteiger partial charge on any atom is -0.291 e. The second-order valence-electron chi connectivity index (χ2n) is 4.98. The fourth-order valence-corrected chi connectivity index (χ4v) is 2.61. The monoisotopic (exact) mass is 298 g/mol. The lowest BCUT2D eigenvalue weighted by Gasteiger charge is -2.03. The van der Waals surface area contributed by atoms with Crippen LogP contribution in [0.2, 0.25) is 0 Å². The maximum absolute atomic E-state index is 12.5. The third-order valence-electron chi connectivity index (χ3n) is 3.73. The smallest absolute Gasteiger partial charge is 0.291 e. The summed E-state index contributed by atoms with van der Waals surface area (Å²) in [6, 6.07) is 3.25. The quantitative estimate of drug-likeness (QED) is 0.454. The summed E-state index contributed by atoms with van der Waals surface area (Å²) in [4.78, 5) is 47.5. The first kappa shape index (κ1) is 12.5. The Kier molecular flexibility index (Phi) is 2.22. The van der Waals surface area contributed by atoms with Crippen molar-refractivity contribution in [3.8, 4) is 0 Å². The largest absolute Gasteiger partial charge is 0.332 e. The van der Waals surface area contributed by atoms with E-state index in [1.165, 1.54) is 29.3 Å². The molecule has 110 valence electrons. The molecule has 22 heavy (non-hydrogen) atoms. The average Bonchev–Trinajstić information content (AvgIpc) is 2.90. The molecule has 9 nitrogen and oxygen atoms in total. The SMILES string of the molecule is Cn1c(=O)c2c(nc3[nH]c(=O)c4cccnc4n32)n(C)c1=O. The van der Waals surface area contributed by atoms with Crippen LogP contribution in [0.25, 0.3) is 28.0 Å². The van der Waals surface area contributed by atoms with E-state index < -0.39 is 11.2 Å². The number of hydrogen-bond acceptors (Lipinski definition) is 5. The summed E-state index contributed by atoms with van der Waals surface area (Å²) in [5.41, 5.74) is -0.626. The summed E-state index contributed by atoms with van der Waals surface area (Å²) >= 11 is 0. The molecule has 0 bridgehead atoms. The van der Waals surface area contributed by atoms with Crippen LogP contribution in [0.4, 0.5) is 0 Å². The van der Waals surface area contributed by atoms with E-state index in [-0.39, 0.29) is 22.5 Å². The van der Waals surface area contributed by atoms with Crippen LogP contribution in [0.3, 0.4) is 0 Å². The number of imidazole rings is 1. The predicted molar refractivity (Wildman–Crippen MR) is 79.1 cm³/mol. The van der Waals surface area contributed by atoms with Crippen LogP contribution in [0.5, 0.6) is 0 Å². The van der Waals surface area contributed by atoms with E-state index in [1.54, 1.807) is 12.1 Å². The number of aryl methyl sites for hydroxylation is 1. The van der Waals surface area contributed by atoms with Crippen molar-refractivity contribution in [3.63, 3.8) is 0 Å². The summed E-state index contributed by atoms with van der Waals surface area (Å²) in [6.45, 7) is 0. The van der Waals surface area contributed by atoms with Crippen LogP contribution in [0, 0.1) is 0 Å². The number of aromatic amines is 1. The lowest BCUT2D eigenvalue weighted by Crippen LogP contribution is -2.37. The van der Waals surface area contributed by atoms with Crippen LogP contribution in [-0.2, 0) is 14.1 Å². The molecule has 0 atom stereocenters. The van der Waals surface area contributed by atoms with Gasteiger partial charge in [-0.2, -0.15) is 4.98 Å². The molecule has 1 N–H and O–H groups in total. The second-order valence-corrected chi connectivity index (χ2v) is 4.98. The zero-order valence-corrected chi connectivity index (χ0v) is 11.7. The highest BCUT2D eigenvalue weighted by molar-refractivity contribution is 5.84. The lowest BCUT2D eigenvalue weighted by atomic mass is 10.3. The Hall–Kier alpha value is -3.23. The number of rotatable bonds is 0. The molecule has 9 heteroatoms. The molecule has 0 aliphatic carbocycles. The van der Waals surface area contributed by atoms with Crippen molar-refractivity contribution in [3.05, 3.63) is 49.5 Å². The van der Waals surface area contributed by atoms with Crippen molar-refractivity contribution in [1.82, 2.24) is 28.5 Å². The standard InChI is InChI=1S/C13H10N6O3/c1-17-9-7(11(21)18(2)13(17)22)19-8-6(4-3-5-14-8)10(20)16-12(19)15-9/h3-5H,1-2H3,(H,15,16,20). The molecule has 4 aromatic heterocycles. The van der Waals surface area contributed by atoms with Crippen molar-refractivity contribution in [2.75, 3.05) is 0 Å². The normalized spacial score (nSPS) is 11.7. The first-order valence-corrected chi connectivity index (χ1v) is 6.46. The molecule has 0 saturated carbocycles. The molecule has 0 aromatic carbocycles. The van der Waals surface area contributed by atoms with Gasteiger partial charge in [0, 0.05) is 20.3 Å². The van der Waals surface area contributed by atoms with Gasteiger partial charge in [0.25, 0.3) is 11.1 Å². The van der Waals surface area contributed by atoms with E-state index in [1.807, 2.05) is 0 Å². The first-order valence-electron chi connectivity index (χ1n) is 6.46. The molecular formula is C13H10N6O3. The summed E-state index contributed by atoms with van der Waals surface area (Å²) in [5, 5.41) is 0.338. The Labute approximate surface area is 121 Å². The third kappa shape index (κ3) is 1.34. The van der Waals surface area contributed by atoms with Crippen LogP contribution >= 0.6 is 0 Å². The van der Waals surface area contributed by atoms with E-state index >= 15 is 0 Å². The highest BCUT2D eigenvalue weighted by Gasteiger charge is 2.18. The number of pyridine rings is 1. The van der Waals surface area contributed by atoms with Crippen molar-refractivity contribution < 1.29 is 0 Å². The molecule has 0 unspecified atom stereocenters. The van der Waals surface area contributed by atoms with Crippen molar-refractivity contribution in [2.45, 2.75) is 0 Å². The van der Waals surface area contributed by atoms with Gasteiger partial charge in [-0.3, -0.25) is 28.1 Å². The number of H-pyrrole nitrogens is 1. The van der Waals surface area contributed by atoms with Gasteiger partial charge in [-0.05, 0) is 12.1 Å². The van der Waals surface area contributed by atoms with Crippen molar-refractivity contribution >= 4 is 28.0 Å². The molecule has 4 aromatic rings. The average molecular weight is 298 g/mol. The van der Waals surface area contributed by atoms with Gasteiger partial charge < -0.3 is 0 Å². The van der Waals surface area contributed by atoms with Crippen LogP contribution in [0.15, 0.2) is 32.7 Å². The maximum Gasteiger partial charge on any atom is 0.332 e. The van der Waals surface area contributed by atoms with Gasteiger partial charge in [0.2, 0.25) is 5.78 Å². The second kappa shape index (κ2) is 3.91. The summed E-state index contributed by atoms with van der Waals surface area (Å²) < 4.78 is 3.72. The molecule has 0 saturated heterocycles. The minimum atomic E-state index is -0.496.